The van der Waals surface area contributed by atoms with Crippen LogP contribution in [0.2, 0.25) is 0 Å². The van der Waals surface area contributed by atoms with Crippen molar-refractivity contribution in [3.05, 3.63) is 112 Å². The van der Waals surface area contributed by atoms with Crippen molar-refractivity contribution in [2.45, 2.75) is 25.4 Å². The van der Waals surface area contributed by atoms with E-state index in [2.05, 4.69) is 54.6 Å². The first-order valence-electron chi connectivity index (χ1n) is 10.3. The molecule has 3 nitrogen and oxygen atoms in total. The molecular weight excluding hydrogens is 372 g/mol. The number of aromatic carboxylic acids is 1. The van der Waals surface area contributed by atoms with Crippen LogP contribution in [-0.2, 0) is 24.0 Å². The number of carboxylic acids is 1. The van der Waals surface area contributed by atoms with E-state index in [1.54, 1.807) is 19.2 Å². The van der Waals surface area contributed by atoms with E-state index in [9.17, 15) is 9.90 Å². The number of benzene rings is 3. The van der Waals surface area contributed by atoms with Crippen LogP contribution in [0.5, 0.6) is 0 Å². The Balaban J connectivity index is 1.60. The van der Waals surface area contributed by atoms with Gasteiger partial charge >= 0.3 is 5.97 Å². The molecule has 0 heterocycles. The van der Waals surface area contributed by atoms with Gasteiger partial charge in [-0.25, -0.2) is 4.79 Å². The Kier molecular flexibility index (Phi) is 4.56. The van der Waals surface area contributed by atoms with Gasteiger partial charge in [0.25, 0.3) is 0 Å². The van der Waals surface area contributed by atoms with Gasteiger partial charge in [-0.2, -0.15) is 0 Å². The largest absolute Gasteiger partial charge is 0.478 e. The van der Waals surface area contributed by atoms with Crippen LogP contribution in [0.3, 0.4) is 0 Å². The highest BCUT2D eigenvalue weighted by atomic mass is 16.5. The predicted octanol–water partition coefficient (Wildman–Crippen LogP) is 5.50. The Labute approximate surface area is 176 Å². The lowest BCUT2D eigenvalue weighted by molar-refractivity contribution is 0.0183. The van der Waals surface area contributed by atoms with Crippen molar-refractivity contribution in [3.8, 4) is 0 Å². The molecule has 3 aromatic carbocycles. The molecule has 1 N–H and O–H groups in total. The molecule has 2 atom stereocenters. The third-order valence-electron chi connectivity index (χ3n) is 6.71. The zero-order valence-corrected chi connectivity index (χ0v) is 17.0. The van der Waals surface area contributed by atoms with E-state index in [-0.39, 0.29) is 11.5 Å². The summed E-state index contributed by atoms with van der Waals surface area (Å²) in [4.78, 5) is 11.3. The number of carbonyl (C=O) groups is 1. The quantitative estimate of drug-likeness (QED) is 0.620. The smallest absolute Gasteiger partial charge is 0.335 e. The second kappa shape index (κ2) is 7.26. The average molecular weight is 396 g/mol. The average Bonchev–Trinajstić information content (AvgIpc) is 3.33. The first-order chi connectivity index (χ1) is 14.6. The van der Waals surface area contributed by atoms with Crippen LogP contribution in [0.15, 0.2) is 78.4 Å². The molecule has 3 aromatic rings. The van der Waals surface area contributed by atoms with E-state index in [0.717, 1.165) is 24.8 Å². The summed E-state index contributed by atoms with van der Waals surface area (Å²) in [7, 11) is 1.80. The van der Waals surface area contributed by atoms with Crippen LogP contribution >= 0.6 is 0 Å². The Morgan fingerprint density at radius 2 is 1.70 bits per heavy atom. The molecule has 0 aromatic heterocycles. The van der Waals surface area contributed by atoms with Crippen LogP contribution in [0.25, 0.3) is 6.08 Å². The third-order valence-corrected chi connectivity index (χ3v) is 6.71. The highest BCUT2D eigenvalue weighted by molar-refractivity contribution is 5.87. The minimum atomic E-state index is -0.895. The SMILES string of the molecule is COC1c2ccccc2C[C@]1(Cc1ccc(C(=O)O)cc1)C1=Cc2ccccc2C1. The van der Waals surface area contributed by atoms with E-state index in [4.69, 9.17) is 4.74 Å². The maximum atomic E-state index is 11.3. The van der Waals surface area contributed by atoms with E-state index in [0.29, 0.717) is 5.56 Å². The summed E-state index contributed by atoms with van der Waals surface area (Å²) >= 11 is 0. The summed E-state index contributed by atoms with van der Waals surface area (Å²) in [5.41, 5.74) is 7.90. The van der Waals surface area contributed by atoms with Gasteiger partial charge < -0.3 is 9.84 Å². The van der Waals surface area contributed by atoms with Crippen molar-refractivity contribution in [1.82, 2.24) is 0 Å². The highest BCUT2D eigenvalue weighted by Gasteiger charge is 2.49. The minimum Gasteiger partial charge on any atom is -0.478 e. The number of methoxy groups -OCH3 is 1. The van der Waals surface area contributed by atoms with Gasteiger partial charge in [0, 0.05) is 12.5 Å². The fraction of sp³-hybridized carbons (Fsp3) is 0.222. The summed E-state index contributed by atoms with van der Waals surface area (Å²) in [6.07, 6.45) is 4.96. The molecule has 5 rings (SSSR count). The topological polar surface area (TPSA) is 46.5 Å². The molecule has 1 unspecified atom stereocenters. The monoisotopic (exact) mass is 396 g/mol. The van der Waals surface area contributed by atoms with E-state index >= 15 is 0 Å². The molecule has 2 aliphatic rings. The van der Waals surface area contributed by atoms with Crippen molar-refractivity contribution in [3.63, 3.8) is 0 Å². The minimum absolute atomic E-state index is 0.0339. The van der Waals surface area contributed by atoms with Gasteiger partial charge in [-0.1, -0.05) is 72.3 Å². The van der Waals surface area contributed by atoms with Gasteiger partial charge in [-0.15, -0.1) is 0 Å². The number of hydrogen-bond donors (Lipinski definition) is 1. The Bertz CT molecular complexity index is 1140. The zero-order chi connectivity index (χ0) is 20.7. The zero-order valence-electron chi connectivity index (χ0n) is 17.0. The standard InChI is InChI=1S/C27H24O3/c1-30-25-24-9-5-4-8-22(24)17-27(25,16-18-10-12-19(13-11-18)26(28)29)23-14-20-6-2-3-7-21(20)15-23/h2-14,25H,15-17H2,1H3,(H,28,29)/t25?,27-/m1/s1. The molecule has 0 radical (unpaired) electrons. The summed E-state index contributed by atoms with van der Waals surface area (Å²) in [6, 6.07) is 24.5. The van der Waals surface area contributed by atoms with Gasteiger partial charge in [-0.3, -0.25) is 0 Å². The molecule has 0 saturated heterocycles. The molecular formula is C27H24O3. The van der Waals surface area contributed by atoms with Crippen LogP contribution in [0.1, 0.15) is 44.3 Å². The number of ether oxygens (including phenoxy) is 1. The first-order valence-corrected chi connectivity index (χ1v) is 10.3. The summed E-state index contributed by atoms with van der Waals surface area (Å²) in [5.74, 6) is -0.895. The van der Waals surface area contributed by atoms with Crippen molar-refractivity contribution < 1.29 is 14.6 Å². The number of rotatable bonds is 5. The molecule has 30 heavy (non-hydrogen) atoms. The Morgan fingerprint density at radius 1 is 1.00 bits per heavy atom. The van der Waals surface area contributed by atoms with E-state index in [1.165, 1.54) is 27.8 Å². The van der Waals surface area contributed by atoms with Gasteiger partial charge in [0.2, 0.25) is 0 Å². The van der Waals surface area contributed by atoms with Crippen LogP contribution in [0.4, 0.5) is 0 Å². The van der Waals surface area contributed by atoms with E-state index < -0.39 is 5.97 Å². The van der Waals surface area contributed by atoms with Crippen molar-refractivity contribution in [2.75, 3.05) is 7.11 Å². The van der Waals surface area contributed by atoms with Crippen molar-refractivity contribution in [2.24, 2.45) is 5.41 Å². The van der Waals surface area contributed by atoms with Crippen molar-refractivity contribution in [1.29, 1.82) is 0 Å². The number of fused-ring (bicyclic) bond motifs is 2. The lowest BCUT2D eigenvalue weighted by Gasteiger charge is -2.37. The van der Waals surface area contributed by atoms with Gasteiger partial charge in [0.1, 0.15) is 0 Å². The second-order valence-electron chi connectivity index (χ2n) is 8.37. The third kappa shape index (κ3) is 2.98. The van der Waals surface area contributed by atoms with Crippen LogP contribution < -0.4 is 0 Å². The normalized spacial score (nSPS) is 21.8. The van der Waals surface area contributed by atoms with Crippen molar-refractivity contribution >= 4 is 12.0 Å². The molecule has 3 heteroatoms. The molecule has 0 aliphatic heterocycles. The fourth-order valence-electron chi connectivity index (χ4n) is 5.31. The fourth-order valence-corrected chi connectivity index (χ4v) is 5.31. The molecule has 0 saturated carbocycles. The predicted molar refractivity (Wildman–Crippen MR) is 118 cm³/mol. The molecule has 0 spiro atoms. The lowest BCUT2D eigenvalue weighted by atomic mass is 9.70. The van der Waals surface area contributed by atoms with Crippen LogP contribution in [-0.4, -0.2) is 18.2 Å². The number of carboxylic acid groups (broad SMARTS) is 1. The number of hydrogen-bond acceptors (Lipinski definition) is 2. The van der Waals surface area contributed by atoms with Crippen LogP contribution in [0, 0.1) is 5.41 Å². The maximum Gasteiger partial charge on any atom is 0.335 e. The van der Waals surface area contributed by atoms with E-state index in [1.807, 2.05) is 12.1 Å². The van der Waals surface area contributed by atoms with Gasteiger partial charge in [-0.05, 0) is 59.2 Å². The summed E-state index contributed by atoms with van der Waals surface area (Å²) < 4.78 is 6.16. The molecule has 0 bridgehead atoms. The highest BCUT2D eigenvalue weighted by Crippen LogP contribution is 2.56. The van der Waals surface area contributed by atoms with Gasteiger partial charge in [0.15, 0.2) is 0 Å². The second-order valence-corrected chi connectivity index (χ2v) is 8.37. The first kappa shape index (κ1) is 18.8. The lowest BCUT2D eigenvalue weighted by Crippen LogP contribution is -2.32. The molecule has 2 aliphatic carbocycles. The molecule has 0 fully saturated rings. The molecule has 150 valence electrons. The summed E-state index contributed by atoms with van der Waals surface area (Å²) in [5, 5.41) is 9.25. The maximum absolute atomic E-state index is 11.3. The summed E-state index contributed by atoms with van der Waals surface area (Å²) in [6.45, 7) is 0. The molecule has 0 amide bonds. The Hall–Kier alpha value is -3.17. The Morgan fingerprint density at radius 3 is 2.40 bits per heavy atom. The van der Waals surface area contributed by atoms with Gasteiger partial charge in [0.05, 0.1) is 11.7 Å².